The zero-order chi connectivity index (χ0) is 17.6. The molecule has 2 atom stereocenters. The summed E-state index contributed by atoms with van der Waals surface area (Å²) in [5.41, 5.74) is 1.12. The number of carbonyl (C=O) groups excluding carboxylic acids is 1. The first kappa shape index (κ1) is 19.6. The van der Waals surface area contributed by atoms with Gasteiger partial charge in [0.05, 0.1) is 17.9 Å². The molecule has 5 nitrogen and oxygen atoms in total. The molecule has 2 unspecified atom stereocenters. The van der Waals surface area contributed by atoms with E-state index in [-0.39, 0.29) is 11.4 Å². The van der Waals surface area contributed by atoms with Gasteiger partial charge in [-0.05, 0) is 30.0 Å². The van der Waals surface area contributed by atoms with Crippen molar-refractivity contribution in [2.75, 3.05) is 20.2 Å². The van der Waals surface area contributed by atoms with Crippen molar-refractivity contribution in [1.29, 1.82) is 0 Å². The molecule has 0 heterocycles. The lowest BCUT2D eigenvalue weighted by molar-refractivity contribution is -0.145. The normalized spacial score (nSPS) is 14.5. The maximum absolute atomic E-state index is 12.7. The zero-order valence-corrected chi connectivity index (χ0v) is 15.4. The fraction of sp³-hybridized carbons (Fsp3) is 0.588. The van der Waals surface area contributed by atoms with E-state index in [2.05, 4.69) is 18.6 Å². The van der Waals surface area contributed by atoms with Gasteiger partial charge in [0.1, 0.15) is 0 Å². The van der Waals surface area contributed by atoms with Crippen LogP contribution in [0.3, 0.4) is 0 Å². The quantitative estimate of drug-likeness (QED) is 0.682. The summed E-state index contributed by atoms with van der Waals surface area (Å²) in [7, 11) is -2.31. The van der Waals surface area contributed by atoms with E-state index in [1.54, 1.807) is 26.0 Å². The number of ether oxygens (including phenoxy) is 1. The van der Waals surface area contributed by atoms with E-state index in [9.17, 15) is 13.2 Å². The van der Waals surface area contributed by atoms with E-state index in [1.165, 1.54) is 11.4 Å². The fourth-order valence-corrected chi connectivity index (χ4v) is 3.87. The molecule has 0 aromatic heterocycles. The van der Waals surface area contributed by atoms with Crippen LogP contribution in [-0.4, -0.2) is 38.9 Å². The Morgan fingerprint density at radius 3 is 2.17 bits per heavy atom. The minimum Gasteiger partial charge on any atom is -0.469 e. The van der Waals surface area contributed by atoms with Crippen molar-refractivity contribution in [3.8, 4) is 0 Å². The van der Waals surface area contributed by atoms with Crippen LogP contribution in [0.1, 0.15) is 45.6 Å². The third-order valence-electron chi connectivity index (χ3n) is 4.13. The van der Waals surface area contributed by atoms with Crippen LogP contribution in [0.4, 0.5) is 0 Å². The Labute approximate surface area is 139 Å². The van der Waals surface area contributed by atoms with Crippen LogP contribution in [0, 0.1) is 5.92 Å². The number of benzene rings is 1. The monoisotopic (exact) mass is 341 g/mol. The number of hydrogen-bond donors (Lipinski definition) is 0. The summed E-state index contributed by atoms with van der Waals surface area (Å²) < 4.78 is 31.5. The number of rotatable bonds is 8. The molecule has 6 heteroatoms. The van der Waals surface area contributed by atoms with E-state index in [4.69, 9.17) is 0 Å². The van der Waals surface area contributed by atoms with Crippen molar-refractivity contribution in [1.82, 2.24) is 4.31 Å². The van der Waals surface area contributed by atoms with Gasteiger partial charge < -0.3 is 4.74 Å². The minimum atomic E-state index is -3.61. The van der Waals surface area contributed by atoms with E-state index in [0.717, 1.165) is 12.0 Å². The molecule has 0 fully saturated rings. The molecule has 0 N–H and O–H groups in total. The number of esters is 1. The highest BCUT2D eigenvalue weighted by molar-refractivity contribution is 7.89. The van der Waals surface area contributed by atoms with Crippen molar-refractivity contribution in [2.24, 2.45) is 5.92 Å². The van der Waals surface area contributed by atoms with Gasteiger partial charge in [0, 0.05) is 13.1 Å². The number of nitrogens with zero attached hydrogens (tertiary/aromatic N) is 1. The first-order valence-corrected chi connectivity index (χ1v) is 9.39. The maximum Gasteiger partial charge on any atom is 0.309 e. The molecule has 0 saturated carbocycles. The summed E-state index contributed by atoms with van der Waals surface area (Å²) in [4.78, 5) is 11.8. The van der Waals surface area contributed by atoms with Gasteiger partial charge in [-0.2, -0.15) is 4.31 Å². The average Bonchev–Trinajstić information content (AvgIpc) is 2.57. The summed E-state index contributed by atoms with van der Waals surface area (Å²) in [6.45, 7) is 8.04. The smallest absolute Gasteiger partial charge is 0.309 e. The Hall–Kier alpha value is -1.40. The SMILES string of the molecule is CCC(C)c1ccc(S(=O)(=O)N(CC)CC(C)C(=O)OC)cc1. The highest BCUT2D eigenvalue weighted by Crippen LogP contribution is 2.22. The lowest BCUT2D eigenvalue weighted by atomic mass is 9.99. The van der Waals surface area contributed by atoms with E-state index >= 15 is 0 Å². The van der Waals surface area contributed by atoms with Gasteiger partial charge in [-0.15, -0.1) is 0 Å². The van der Waals surface area contributed by atoms with Gasteiger partial charge in [0.2, 0.25) is 10.0 Å². The molecule has 0 aliphatic rings. The average molecular weight is 341 g/mol. The second-order valence-electron chi connectivity index (χ2n) is 5.76. The van der Waals surface area contributed by atoms with Crippen LogP contribution in [0.25, 0.3) is 0 Å². The molecule has 0 bridgehead atoms. The van der Waals surface area contributed by atoms with E-state index in [1.807, 2.05) is 12.1 Å². The van der Waals surface area contributed by atoms with Crippen LogP contribution in [-0.2, 0) is 19.6 Å². The third kappa shape index (κ3) is 4.78. The third-order valence-corrected chi connectivity index (χ3v) is 6.09. The summed E-state index contributed by atoms with van der Waals surface area (Å²) >= 11 is 0. The fourth-order valence-electron chi connectivity index (χ4n) is 2.33. The molecule has 0 saturated heterocycles. The molecular weight excluding hydrogens is 314 g/mol. The predicted octanol–water partition coefficient (Wildman–Crippen LogP) is 3.02. The van der Waals surface area contributed by atoms with Crippen molar-refractivity contribution < 1.29 is 17.9 Å². The molecule has 1 rings (SSSR count). The number of hydrogen-bond acceptors (Lipinski definition) is 4. The zero-order valence-electron chi connectivity index (χ0n) is 14.6. The molecule has 1 aromatic rings. The molecule has 0 aliphatic heterocycles. The Morgan fingerprint density at radius 2 is 1.74 bits per heavy atom. The van der Waals surface area contributed by atoms with E-state index in [0.29, 0.717) is 12.5 Å². The number of carbonyl (C=O) groups is 1. The van der Waals surface area contributed by atoms with Gasteiger partial charge in [0.25, 0.3) is 0 Å². The summed E-state index contributed by atoms with van der Waals surface area (Å²) in [5.74, 6) is -0.520. The standard InChI is InChI=1S/C17H27NO4S/c1-6-13(3)15-8-10-16(11-9-15)23(20,21)18(7-2)12-14(4)17(19)22-5/h8-11,13-14H,6-7,12H2,1-5H3. The van der Waals surface area contributed by atoms with Crippen LogP contribution >= 0.6 is 0 Å². The second-order valence-corrected chi connectivity index (χ2v) is 7.70. The van der Waals surface area contributed by atoms with Gasteiger partial charge in [-0.3, -0.25) is 4.79 Å². The lowest BCUT2D eigenvalue weighted by Gasteiger charge is -2.23. The van der Waals surface area contributed by atoms with Crippen molar-refractivity contribution >= 4 is 16.0 Å². The minimum absolute atomic E-state index is 0.110. The van der Waals surface area contributed by atoms with Crippen LogP contribution in [0.2, 0.25) is 0 Å². The molecule has 0 aliphatic carbocycles. The summed E-state index contributed by atoms with van der Waals surface area (Å²) in [6.07, 6.45) is 1.00. The molecular formula is C17H27NO4S. The molecule has 0 spiro atoms. The molecule has 0 radical (unpaired) electrons. The Kier molecular flexibility index (Phi) is 7.22. The predicted molar refractivity (Wildman–Crippen MR) is 90.8 cm³/mol. The lowest BCUT2D eigenvalue weighted by Crippen LogP contribution is -2.37. The van der Waals surface area contributed by atoms with Crippen LogP contribution < -0.4 is 0 Å². The summed E-state index contributed by atoms with van der Waals surface area (Å²) in [5, 5.41) is 0. The Morgan fingerprint density at radius 1 is 1.17 bits per heavy atom. The first-order valence-electron chi connectivity index (χ1n) is 7.95. The van der Waals surface area contributed by atoms with Gasteiger partial charge in [-0.25, -0.2) is 8.42 Å². The van der Waals surface area contributed by atoms with Crippen molar-refractivity contribution in [3.05, 3.63) is 29.8 Å². The first-order chi connectivity index (χ1) is 10.8. The van der Waals surface area contributed by atoms with E-state index < -0.39 is 21.9 Å². The largest absolute Gasteiger partial charge is 0.469 e. The number of sulfonamides is 1. The van der Waals surface area contributed by atoms with Gasteiger partial charge in [0.15, 0.2) is 0 Å². The topological polar surface area (TPSA) is 63.7 Å². The van der Waals surface area contributed by atoms with Crippen molar-refractivity contribution in [2.45, 2.75) is 44.9 Å². The maximum atomic E-state index is 12.7. The molecule has 23 heavy (non-hydrogen) atoms. The Balaban J connectivity index is 3.00. The Bertz CT molecular complexity index is 610. The molecule has 1 aromatic carbocycles. The van der Waals surface area contributed by atoms with Crippen molar-refractivity contribution in [3.63, 3.8) is 0 Å². The highest BCUT2D eigenvalue weighted by Gasteiger charge is 2.27. The number of methoxy groups -OCH3 is 1. The molecule has 130 valence electrons. The van der Waals surface area contributed by atoms with Crippen LogP contribution in [0.5, 0.6) is 0 Å². The highest BCUT2D eigenvalue weighted by atomic mass is 32.2. The van der Waals surface area contributed by atoms with Gasteiger partial charge in [-0.1, -0.05) is 39.8 Å². The van der Waals surface area contributed by atoms with Crippen LogP contribution in [0.15, 0.2) is 29.2 Å². The van der Waals surface area contributed by atoms with Gasteiger partial charge >= 0.3 is 5.97 Å². The summed E-state index contributed by atoms with van der Waals surface area (Å²) in [6, 6.07) is 7.00. The molecule has 0 amide bonds. The second kappa shape index (κ2) is 8.45.